The Kier molecular flexibility index (Phi) is 17.5. The first-order valence-corrected chi connectivity index (χ1v) is 14.5. The van der Waals surface area contributed by atoms with Crippen LogP contribution in [-0.2, 0) is 9.59 Å². The van der Waals surface area contributed by atoms with Gasteiger partial charge in [-0.25, -0.2) is 0 Å². The number of thioether (sulfide) groups is 3. The van der Waals surface area contributed by atoms with Crippen LogP contribution in [-0.4, -0.2) is 46.2 Å². The van der Waals surface area contributed by atoms with Gasteiger partial charge in [-0.05, 0) is 67.4 Å². The van der Waals surface area contributed by atoms with E-state index < -0.39 is 0 Å². The first-order valence-electron chi connectivity index (χ1n) is 11.7. The molecule has 0 aliphatic rings. The van der Waals surface area contributed by atoms with Crippen LogP contribution in [0.2, 0.25) is 0 Å². The lowest BCUT2D eigenvalue weighted by molar-refractivity contribution is -0.128. The van der Waals surface area contributed by atoms with Crippen molar-refractivity contribution < 1.29 is 9.59 Å². The Labute approximate surface area is 226 Å². The van der Waals surface area contributed by atoms with E-state index in [0.29, 0.717) is 30.1 Å². The van der Waals surface area contributed by atoms with Gasteiger partial charge in [-0.15, -0.1) is 0 Å². The zero-order valence-corrected chi connectivity index (χ0v) is 24.4. The Balaban J connectivity index is 4.37. The molecule has 0 rings (SSSR count). The molecule has 0 unspecified atom stereocenters. The van der Waals surface area contributed by atoms with Crippen molar-refractivity contribution >= 4 is 47.1 Å². The first kappa shape index (κ1) is 33.2. The molecule has 0 aromatic rings. The fraction of sp³-hybridized carbons (Fsp3) is 0.429. The Morgan fingerprint density at radius 1 is 0.800 bits per heavy atom. The lowest BCUT2D eigenvalue weighted by Crippen LogP contribution is -2.28. The van der Waals surface area contributed by atoms with Crippen LogP contribution in [0.25, 0.3) is 0 Å². The van der Waals surface area contributed by atoms with Gasteiger partial charge in [0.25, 0.3) is 0 Å². The molecular weight excluding hydrogens is 493 g/mol. The summed E-state index contributed by atoms with van der Waals surface area (Å²) in [5, 5.41) is 1.42. The fourth-order valence-corrected chi connectivity index (χ4v) is 5.80. The maximum atomic E-state index is 12.5. The van der Waals surface area contributed by atoms with Crippen LogP contribution in [0.3, 0.4) is 0 Å². The van der Waals surface area contributed by atoms with Crippen molar-refractivity contribution in [2.75, 3.05) is 24.6 Å². The van der Waals surface area contributed by atoms with Crippen molar-refractivity contribution in [3.8, 4) is 0 Å². The SMILES string of the molecule is C=CC(=C)CC(=O)N(CC)C(=C)SC(=C)CCSCCC(=C)SC(=C)N(CC)C(=O)C/C(C)=C/C. The van der Waals surface area contributed by atoms with E-state index in [4.69, 9.17) is 0 Å². The highest BCUT2D eigenvalue weighted by Crippen LogP contribution is 2.31. The molecule has 0 saturated carbocycles. The minimum atomic E-state index is -0.0324. The van der Waals surface area contributed by atoms with Gasteiger partial charge in [0.15, 0.2) is 0 Å². The summed E-state index contributed by atoms with van der Waals surface area (Å²) in [4.78, 5) is 30.3. The van der Waals surface area contributed by atoms with Gasteiger partial charge >= 0.3 is 0 Å². The third-order valence-corrected chi connectivity index (χ3v) is 7.88. The zero-order valence-electron chi connectivity index (χ0n) is 22.0. The molecule has 0 atom stereocenters. The molecule has 4 nitrogen and oxygen atoms in total. The topological polar surface area (TPSA) is 40.6 Å². The second kappa shape index (κ2) is 18.4. The third-order valence-electron chi connectivity index (χ3n) is 5.00. The second-order valence-corrected chi connectivity index (χ2v) is 11.5. The van der Waals surface area contributed by atoms with Crippen LogP contribution in [0.15, 0.2) is 82.6 Å². The molecule has 0 aliphatic carbocycles. The Morgan fingerprint density at radius 3 is 1.60 bits per heavy atom. The molecule has 194 valence electrons. The van der Waals surface area contributed by atoms with E-state index in [9.17, 15) is 9.59 Å². The van der Waals surface area contributed by atoms with E-state index in [1.54, 1.807) is 15.9 Å². The standard InChI is InChI=1S/C28H42N2O2S3/c1-11-21(5)19-27(31)29(13-3)25(9)34-23(7)15-17-33-18-16-24(8)35-26(10)30(14-4)28(32)20-22(6)12-2/h11-12H,1,5,7-10,13-20H2,2-4,6H3/b22-12+. The largest absolute Gasteiger partial charge is 0.307 e. The molecule has 0 spiro atoms. The number of allylic oxidation sites excluding steroid dienone is 4. The van der Waals surface area contributed by atoms with E-state index >= 15 is 0 Å². The highest BCUT2D eigenvalue weighted by molar-refractivity contribution is 8.07. The molecule has 0 aromatic heterocycles. The molecule has 0 aromatic carbocycles. The molecule has 0 radical (unpaired) electrons. The van der Waals surface area contributed by atoms with Crippen molar-refractivity contribution in [3.63, 3.8) is 0 Å². The van der Waals surface area contributed by atoms with Gasteiger partial charge < -0.3 is 9.80 Å². The van der Waals surface area contributed by atoms with Crippen LogP contribution in [0, 0.1) is 0 Å². The summed E-state index contributed by atoms with van der Waals surface area (Å²) < 4.78 is 0. The molecule has 2 amide bonds. The highest BCUT2D eigenvalue weighted by Gasteiger charge is 2.17. The summed E-state index contributed by atoms with van der Waals surface area (Å²) in [5.74, 6) is 1.89. The smallest absolute Gasteiger partial charge is 0.231 e. The minimum absolute atomic E-state index is 0.0324. The number of nitrogens with zero attached hydrogens (tertiary/aromatic N) is 2. The molecule has 7 heteroatoms. The predicted molar refractivity (Wildman–Crippen MR) is 161 cm³/mol. The number of carbonyl (C=O) groups is 2. The van der Waals surface area contributed by atoms with Crippen LogP contribution < -0.4 is 0 Å². The maximum Gasteiger partial charge on any atom is 0.231 e. The molecule has 0 saturated heterocycles. The zero-order chi connectivity index (χ0) is 27.0. The van der Waals surface area contributed by atoms with Crippen molar-refractivity contribution in [1.82, 2.24) is 9.80 Å². The normalized spacial score (nSPS) is 10.9. The van der Waals surface area contributed by atoms with Gasteiger partial charge in [-0.2, -0.15) is 11.8 Å². The van der Waals surface area contributed by atoms with E-state index in [2.05, 4.69) is 39.5 Å². The van der Waals surface area contributed by atoms with Crippen LogP contribution in [0.4, 0.5) is 0 Å². The van der Waals surface area contributed by atoms with Gasteiger partial charge in [-0.3, -0.25) is 9.59 Å². The molecule has 0 N–H and O–H groups in total. The summed E-state index contributed by atoms with van der Waals surface area (Å²) >= 11 is 4.77. The van der Waals surface area contributed by atoms with Crippen LogP contribution >= 0.6 is 35.3 Å². The first-order chi connectivity index (χ1) is 16.5. The van der Waals surface area contributed by atoms with Gasteiger partial charge in [-0.1, -0.05) is 80.7 Å². The Bertz CT molecular complexity index is 806. The van der Waals surface area contributed by atoms with Gasteiger partial charge in [0, 0.05) is 19.5 Å². The number of amides is 2. The fourth-order valence-electron chi connectivity index (χ4n) is 2.80. The average Bonchev–Trinajstić information content (AvgIpc) is 2.79. The number of hydrogen-bond acceptors (Lipinski definition) is 5. The van der Waals surface area contributed by atoms with Crippen molar-refractivity contribution in [1.29, 1.82) is 0 Å². The summed E-state index contributed by atoms with van der Waals surface area (Å²) in [6.07, 6.45) is 5.88. The number of carbonyl (C=O) groups excluding carboxylic acids is 2. The van der Waals surface area contributed by atoms with Crippen molar-refractivity contribution in [2.45, 2.75) is 53.4 Å². The summed E-state index contributed by atoms with van der Waals surface area (Å²) in [5.41, 5.74) is 1.75. The molecular formula is C28H42N2O2S3. The third kappa shape index (κ3) is 13.7. The lowest BCUT2D eigenvalue weighted by atomic mass is 10.2. The van der Waals surface area contributed by atoms with E-state index in [1.807, 2.05) is 45.5 Å². The Morgan fingerprint density at radius 2 is 1.23 bits per heavy atom. The van der Waals surface area contributed by atoms with Gasteiger partial charge in [0.2, 0.25) is 11.8 Å². The molecule has 0 fully saturated rings. The monoisotopic (exact) mass is 534 g/mol. The Hall–Kier alpha value is -1.83. The summed E-state index contributed by atoms with van der Waals surface area (Å²) in [7, 11) is 0. The maximum absolute atomic E-state index is 12.5. The van der Waals surface area contributed by atoms with E-state index in [0.717, 1.165) is 44.8 Å². The molecule has 0 heterocycles. The average molecular weight is 535 g/mol. The van der Waals surface area contributed by atoms with Gasteiger partial charge in [0.05, 0.1) is 16.5 Å². The molecule has 35 heavy (non-hydrogen) atoms. The molecule has 0 aliphatic heterocycles. The number of rotatable bonds is 19. The summed E-state index contributed by atoms with van der Waals surface area (Å²) in [6, 6.07) is 0. The number of hydrogen-bond donors (Lipinski definition) is 0. The van der Waals surface area contributed by atoms with E-state index in [1.165, 1.54) is 23.5 Å². The van der Waals surface area contributed by atoms with Crippen molar-refractivity contribution in [3.05, 3.63) is 82.6 Å². The van der Waals surface area contributed by atoms with Crippen LogP contribution in [0.1, 0.15) is 53.4 Å². The van der Waals surface area contributed by atoms with Crippen LogP contribution in [0.5, 0.6) is 0 Å². The minimum Gasteiger partial charge on any atom is -0.307 e. The van der Waals surface area contributed by atoms with Gasteiger partial charge in [0.1, 0.15) is 0 Å². The highest BCUT2D eigenvalue weighted by atomic mass is 32.2. The predicted octanol–water partition coefficient (Wildman–Crippen LogP) is 8.12. The lowest BCUT2D eigenvalue weighted by Gasteiger charge is -2.23. The second-order valence-electron chi connectivity index (χ2n) is 7.81. The molecule has 0 bridgehead atoms. The quantitative estimate of drug-likeness (QED) is 0.0950. The van der Waals surface area contributed by atoms with E-state index in [-0.39, 0.29) is 18.2 Å². The van der Waals surface area contributed by atoms with Crippen molar-refractivity contribution in [2.24, 2.45) is 0 Å². The summed E-state index contributed by atoms with van der Waals surface area (Å²) in [6.45, 7) is 32.8.